The van der Waals surface area contributed by atoms with Crippen molar-refractivity contribution < 1.29 is 4.74 Å². The second-order valence-corrected chi connectivity index (χ2v) is 6.24. The molecule has 0 fully saturated rings. The van der Waals surface area contributed by atoms with Crippen molar-refractivity contribution in [2.75, 3.05) is 25.4 Å². The van der Waals surface area contributed by atoms with Gasteiger partial charge < -0.3 is 15.4 Å². The first-order chi connectivity index (χ1) is 11.7. The van der Waals surface area contributed by atoms with Crippen molar-refractivity contribution in [1.82, 2.24) is 4.90 Å². The summed E-state index contributed by atoms with van der Waals surface area (Å²) in [5.41, 5.74) is 9.32. The number of nitrogen functional groups attached to an aromatic ring is 1. The minimum atomic E-state index is 0. The van der Waals surface area contributed by atoms with Gasteiger partial charge in [-0.05, 0) is 55.6 Å². The van der Waals surface area contributed by atoms with Gasteiger partial charge in [0.1, 0.15) is 12.4 Å². The summed E-state index contributed by atoms with van der Waals surface area (Å²) < 4.78 is 5.85. The highest BCUT2D eigenvalue weighted by molar-refractivity contribution is 5.85. The van der Waals surface area contributed by atoms with Gasteiger partial charge in [-0.2, -0.15) is 0 Å². The molecule has 0 bridgehead atoms. The van der Waals surface area contributed by atoms with Crippen LogP contribution in [0.15, 0.2) is 48.5 Å². The maximum Gasteiger partial charge on any atom is 0.142 e. The standard InChI is InChI=1S/C21H30N2O.2ClH/c1-3-13-23(14-4-2)15-12-18-10-11-21(20(22)16-18)24-17-19-8-6-5-7-9-19;;/h5-11,16H,3-4,12-15,17,22H2,1-2H3;2*1H. The molecule has 2 aromatic rings. The zero-order valence-electron chi connectivity index (χ0n) is 15.8. The molecule has 0 heterocycles. The van der Waals surface area contributed by atoms with Gasteiger partial charge in [-0.15, -0.1) is 24.8 Å². The van der Waals surface area contributed by atoms with E-state index in [1.165, 1.54) is 31.5 Å². The zero-order valence-corrected chi connectivity index (χ0v) is 17.5. The van der Waals surface area contributed by atoms with Gasteiger partial charge in [-0.3, -0.25) is 0 Å². The molecule has 146 valence electrons. The zero-order chi connectivity index (χ0) is 17.2. The summed E-state index contributed by atoms with van der Waals surface area (Å²) in [6.45, 7) is 8.44. The Morgan fingerprint density at radius 3 is 2.08 bits per heavy atom. The Balaban J connectivity index is 0.00000312. The van der Waals surface area contributed by atoms with Crippen LogP contribution in [0, 0.1) is 0 Å². The van der Waals surface area contributed by atoms with Gasteiger partial charge in [0.05, 0.1) is 5.69 Å². The van der Waals surface area contributed by atoms with E-state index in [9.17, 15) is 0 Å². The van der Waals surface area contributed by atoms with Crippen LogP contribution in [0.2, 0.25) is 0 Å². The van der Waals surface area contributed by atoms with E-state index < -0.39 is 0 Å². The molecule has 0 spiro atoms. The van der Waals surface area contributed by atoms with Crippen molar-refractivity contribution in [1.29, 1.82) is 0 Å². The maximum atomic E-state index is 6.17. The molecule has 2 rings (SSSR count). The van der Waals surface area contributed by atoms with Crippen LogP contribution in [0.5, 0.6) is 5.75 Å². The lowest BCUT2D eigenvalue weighted by molar-refractivity contribution is 0.278. The predicted molar refractivity (Wildman–Crippen MR) is 117 cm³/mol. The van der Waals surface area contributed by atoms with Gasteiger partial charge in [0.2, 0.25) is 0 Å². The van der Waals surface area contributed by atoms with E-state index in [4.69, 9.17) is 10.5 Å². The molecular weight excluding hydrogens is 367 g/mol. The first-order valence-corrected chi connectivity index (χ1v) is 9.00. The number of halogens is 2. The Bertz CT molecular complexity index is 602. The van der Waals surface area contributed by atoms with E-state index in [0.29, 0.717) is 6.61 Å². The molecule has 26 heavy (non-hydrogen) atoms. The van der Waals surface area contributed by atoms with Crippen molar-refractivity contribution in [2.24, 2.45) is 0 Å². The van der Waals surface area contributed by atoms with Gasteiger partial charge in [0, 0.05) is 6.54 Å². The molecule has 0 atom stereocenters. The molecule has 0 aliphatic carbocycles. The van der Waals surface area contributed by atoms with Gasteiger partial charge >= 0.3 is 0 Å². The topological polar surface area (TPSA) is 38.5 Å². The van der Waals surface area contributed by atoms with Gasteiger partial charge in [0.25, 0.3) is 0 Å². The van der Waals surface area contributed by atoms with E-state index in [2.05, 4.69) is 43.0 Å². The predicted octanol–water partition coefficient (Wildman–Crippen LogP) is 5.36. The first kappa shape index (κ1) is 24.6. The monoisotopic (exact) mass is 398 g/mol. The van der Waals surface area contributed by atoms with E-state index in [1.54, 1.807) is 0 Å². The van der Waals surface area contributed by atoms with Crippen LogP contribution in [0.1, 0.15) is 37.8 Å². The number of anilines is 1. The molecule has 0 aliphatic rings. The summed E-state index contributed by atoms with van der Waals surface area (Å²) in [6, 6.07) is 16.3. The third kappa shape index (κ3) is 8.31. The lowest BCUT2D eigenvalue weighted by atomic mass is 10.1. The van der Waals surface area contributed by atoms with Crippen LogP contribution in [-0.2, 0) is 13.0 Å². The maximum absolute atomic E-state index is 6.17. The van der Waals surface area contributed by atoms with E-state index >= 15 is 0 Å². The SMILES string of the molecule is CCCN(CCC)CCc1ccc(OCc2ccccc2)c(N)c1.Cl.Cl. The Morgan fingerprint density at radius 2 is 1.50 bits per heavy atom. The molecule has 2 N–H and O–H groups in total. The van der Waals surface area contributed by atoms with Crippen LogP contribution in [0.3, 0.4) is 0 Å². The first-order valence-electron chi connectivity index (χ1n) is 9.00. The summed E-state index contributed by atoms with van der Waals surface area (Å²) in [7, 11) is 0. The van der Waals surface area contributed by atoms with Crippen LogP contribution in [0.25, 0.3) is 0 Å². The summed E-state index contributed by atoms with van der Waals surface area (Å²) in [5, 5.41) is 0. The van der Waals surface area contributed by atoms with E-state index in [1.807, 2.05) is 24.3 Å². The minimum absolute atomic E-state index is 0. The summed E-state index contributed by atoms with van der Waals surface area (Å²) in [6.07, 6.45) is 3.44. The highest BCUT2D eigenvalue weighted by atomic mass is 35.5. The third-order valence-electron chi connectivity index (χ3n) is 4.11. The van der Waals surface area contributed by atoms with Crippen LogP contribution in [-0.4, -0.2) is 24.5 Å². The lowest BCUT2D eigenvalue weighted by Crippen LogP contribution is -2.27. The van der Waals surface area contributed by atoms with Crippen LogP contribution >= 0.6 is 24.8 Å². The Morgan fingerprint density at radius 1 is 0.846 bits per heavy atom. The molecular formula is C21H32Cl2N2O. The molecule has 0 saturated carbocycles. The second kappa shape index (κ2) is 13.7. The molecule has 0 aliphatic heterocycles. The summed E-state index contributed by atoms with van der Waals surface area (Å²) in [5.74, 6) is 0.765. The van der Waals surface area contributed by atoms with Crippen molar-refractivity contribution in [3.8, 4) is 5.75 Å². The number of nitrogens with zero attached hydrogens (tertiary/aromatic N) is 1. The highest BCUT2D eigenvalue weighted by Crippen LogP contribution is 2.24. The molecule has 0 radical (unpaired) electrons. The fraction of sp³-hybridized carbons (Fsp3) is 0.429. The minimum Gasteiger partial charge on any atom is -0.487 e. The number of ether oxygens (including phenoxy) is 1. The molecule has 0 unspecified atom stereocenters. The fourth-order valence-electron chi connectivity index (χ4n) is 2.88. The molecule has 0 aromatic heterocycles. The smallest absolute Gasteiger partial charge is 0.142 e. The number of hydrogen-bond donors (Lipinski definition) is 1. The molecule has 0 saturated heterocycles. The van der Waals surface area contributed by atoms with Crippen LogP contribution in [0.4, 0.5) is 5.69 Å². The largest absolute Gasteiger partial charge is 0.487 e. The van der Waals surface area contributed by atoms with Crippen molar-refractivity contribution >= 4 is 30.5 Å². The Kier molecular flexibility index (Phi) is 13.0. The number of rotatable bonds is 10. The lowest BCUT2D eigenvalue weighted by Gasteiger charge is -2.21. The van der Waals surface area contributed by atoms with Crippen molar-refractivity contribution in [3.63, 3.8) is 0 Å². The molecule has 2 aromatic carbocycles. The molecule has 5 heteroatoms. The van der Waals surface area contributed by atoms with Gasteiger partial charge in [0.15, 0.2) is 0 Å². The van der Waals surface area contributed by atoms with Gasteiger partial charge in [-0.25, -0.2) is 0 Å². The Labute approximate surface area is 170 Å². The van der Waals surface area contributed by atoms with Crippen molar-refractivity contribution in [3.05, 3.63) is 59.7 Å². The second-order valence-electron chi connectivity index (χ2n) is 6.24. The van der Waals surface area contributed by atoms with Gasteiger partial charge in [-0.1, -0.05) is 50.2 Å². The Hall–Kier alpha value is -1.42. The van der Waals surface area contributed by atoms with E-state index in [-0.39, 0.29) is 24.8 Å². The average molecular weight is 399 g/mol. The molecule has 3 nitrogen and oxygen atoms in total. The number of hydrogen-bond acceptors (Lipinski definition) is 3. The van der Waals surface area contributed by atoms with Crippen LogP contribution < -0.4 is 10.5 Å². The number of nitrogens with two attached hydrogens (primary N) is 1. The quantitative estimate of drug-likeness (QED) is 0.547. The average Bonchev–Trinajstić information content (AvgIpc) is 2.60. The summed E-state index contributed by atoms with van der Waals surface area (Å²) in [4.78, 5) is 2.52. The number of benzene rings is 2. The summed E-state index contributed by atoms with van der Waals surface area (Å²) >= 11 is 0. The fourth-order valence-corrected chi connectivity index (χ4v) is 2.88. The third-order valence-corrected chi connectivity index (χ3v) is 4.11. The highest BCUT2D eigenvalue weighted by Gasteiger charge is 2.06. The van der Waals surface area contributed by atoms with Crippen molar-refractivity contribution in [2.45, 2.75) is 39.7 Å². The normalized spacial score (nSPS) is 10.1. The molecule has 0 amide bonds. The van der Waals surface area contributed by atoms with E-state index in [0.717, 1.165) is 30.0 Å².